The number of carbonyl (C=O) groups excluding carboxylic acids is 1. The Balaban J connectivity index is 1.29. The van der Waals surface area contributed by atoms with Crippen molar-refractivity contribution in [3.05, 3.63) is 89.6 Å². The summed E-state index contributed by atoms with van der Waals surface area (Å²) in [4.78, 5) is 15.6. The first-order chi connectivity index (χ1) is 17.7. The fourth-order valence-corrected chi connectivity index (χ4v) is 5.76. The molecule has 36 heavy (non-hydrogen) atoms. The minimum absolute atomic E-state index is 0.115. The summed E-state index contributed by atoms with van der Waals surface area (Å²) in [5.74, 6) is 6.70. The zero-order valence-electron chi connectivity index (χ0n) is 20.4. The zero-order chi connectivity index (χ0) is 24.4. The molecule has 3 aromatic carbocycles. The summed E-state index contributed by atoms with van der Waals surface area (Å²) in [6, 6.07) is 24.3. The Morgan fingerprint density at radius 2 is 1.72 bits per heavy atom. The molecule has 0 radical (unpaired) electrons. The molecule has 2 aliphatic rings. The molecule has 0 saturated carbocycles. The molecule has 2 aliphatic heterocycles. The van der Waals surface area contributed by atoms with Crippen LogP contribution in [0.5, 0.6) is 0 Å². The number of benzene rings is 3. The lowest BCUT2D eigenvalue weighted by Crippen LogP contribution is -2.50. The topological polar surface area (TPSA) is 61.0 Å². The number of likely N-dealkylation sites (tertiary alicyclic amines) is 1. The number of rotatable bonds is 2. The molecule has 5 nitrogen and oxygen atoms in total. The van der Waals surface area contributed by atoms with Crippen LogP contribution in [0.15, 0.2) is 72.8 Å². The lowest BCUT2D eigenvalue weighted by molar-refractivity contribution is 0.0411. The second-order valence-electron chi connectivity index (χ2n) is 10.1. The Hall–Kier alpha value is -3.88. The van der Waals surface area contributed by atoms with E-state index in [4.69, 9.17) is 0 Å². The van der Waals surface area contributed by atoms with Gasteiger partial charge in [0.15, 0.2) is 0 Å². The molecule has 0 bridgehead atoms. The molecule has 1 amide bonds. The molecule has 0 aliphatic carbocycles. The highest BCUT2D eigenvalue weighted by Crippen LogP contribution is 2.38. The van der Waals surface area contributed by atoms with Crippen LogP contribution >= 0.6 is 0 Å². The van der Waals surface area contributed by atoms with E-state index in [9.17, 15) is 4.79 Å². The van der Waals surface area contributed by atoms with E-state index in [2.05, 4.69) is 50.5 Å². The highest BCUT2D eigenvalue weighted by Gasteiger charge is 2.38. The number of H-pyrrole nitrogens is 1. The third kappa shape index (κ3) is 4.41. The van der Waals surface area contributed by atoms with Crippen molar-refractivity contribution < 1.29 is 4.79 Å². The molecule has 1 spiro atoms. The zero-order valence-corrected chi connectivity index (χ0v) is 20.4. The molecular weight excluding hydrogens is 444 g/mol. The van der Waals surface area contributed by atoms with E-state index in [-0.39, 0.29) is 11.3 Å². The fourth-order valence-electron chi connectivity index (χ4n) is 5.76. The first kappa shape index (κ1) is 22.6. The Bertz CT molecular complexity index is 1450. The molecular formula is C31H30N4O. The number of nitrogens with zero attached hydrogens (tertiary/aromatic N) is 2. The number of aromatic nitrogens is 2. The van der Waals surface area contributed by atoms with Crippen LogP contribution in [-0.4, -0.2) is 47.2 Å². The number of hydrogen-bond donors (Lipinski definition) is 2. The van der Waals surface area contributed by atoms with Crippen LogP contribution in [0.25, 0.3) is 22.0 Å². The third-order valence-electron chi connectivity index (χ3n) is 7.75. The van der Waals surface area contributed by atoms with Gasteiger partial charge in [0, 0.05) is 29.6 Å². The van der Waals surface area contributed by atoms with E-state index in [0.29, 0.717) is 11.3 Å². The number of nitrogens with one attached hydrogen (secondary N) is 2. The summed E-state index contributed by atoms with van der Waals surface area (Å²) >= 11 is 0. The van der Waals surface area contributed by atoms with Crippen molar-refractivity contribution in [3.63, 3.8) is 0 Å². The summed E-state index contributed by atoms with van der Waals surface area (Å²) in [5.41, 5.74) is 5.72. The van der Waals surface area contributed by atoms with Gasteiger partial charge in [0.25, 0.3) is 5.91 Å². The van der Waals surface area contributed by atoms with Crippen LogP contribution < -0.4 is 5.32 Å². The average Bonchev–Trinajstić information content (AvgIpc) is 3.35. The molecule has 1 aromatic heterocycles. The molecule has 4 aromatic rings. The molecule has 2 fully saturated rings. The summed E-state index contributed by atoms with van der Waals surface area (Å²) in [5, 5.41) is 11.9. The second kappa shape index (κ2) is 9.64. The summed E-state index contributed by atoms with van der Waals surface area (Å²) in [6.45, 7) is 3.80. The molecule has 180 valence electrons. The van der Waals surface area contributed by atoms with Gasteiger partial charge in [0.05, 0.1) is 5.52 Å². The number of fused-ring (bicyclic) bond motifs is 1. The number of amides is 1. The second-order valence-corrected chi connectivity index (χ2v) is 10.1. The summed E-state index contributed by atoms with van der Waals surface area (Å²) in [7, 11) is 0. The van der Waals surface area contributed by atoms with E-state index in [0.717, 1.165) is 73.0 Å². The maximum Gasteiger partial charge on any atom is 0.253 e. The Labute approximate surface area is 211 Å². The van der Waals surface area contributed by atoms with Crippen molar-refractivity contribution >= 4 is 16.8 Å². The van der Waals surface area contributed by atoms with Crippen molar-refractivity contribution in [2.75, 3.05) is 26.2 Å². The average molecular weight is 475 g/mol. The van der Waals surface area contributed by atoms with Gasteiger partial charge in [0.2, 0.25) is 0 Å². The van der Waals surface area contributed by atoms with E-state index < -0.39 is 0 Å². The lowest BCUT2D eigenvalue weighted by atomic mass is 9.73. The number of piperidine rings is 2. The van der Waals surface area contributed by atoms with Crippen molar-refractivity contribution in [2.45, 2.75) is 25.7 Å². The molecule has 5 heteroatoms. The van der Waals surface area contributed by atoms with Gasteiger partial charge in [-0.3, -0.25) is 9.89 Å². The maximum absolute atomic E-state index is 13.5. The first-order valence-electron chi connectivity index (χ1n) is 12.9. The first-order valence-corrected chi connectivity index (χ1v) is 12.9. The van der Waals surface area contributed by atoms with E-state index >= 15 is 0 Å². The highest BCUT2D eigenvalue weighted by molar-refractivity contribution is 5.99. The summed E-state index contributed by atoms with van der Waals surface area (Å²) in [6.07, 6.45) is 4.62. The monoisotopic (exact) mass is 474 g/mol. The number of aromatic amines is 1. The molecule has 0 atom stereocenters. The van der Waals surface area contributed by atoms with Crippen LogP contribution in [0.2, 0.25) is 0 Å². The van der Waals surface area contributed by atoms with Gasteiger partial charge in [-0.05, 0) is 85.5 Å². The molecule has 2 N–H and O–H groups in total. The van der Waals surface area contributed by atoms with Crippen LogP contribution in [0.4, 0.5) is 0 Å². The van der Waals surface area contributed by atoms with Crippen LogP contribution in [-0.2, 0) is 0 Å². The Kier molecular flexibility index (Phi) is 6.04. The summed E-state index contributed by atoms with van der Waals surface area (Å²) < 4.78 is 0. The molecule has 2 saturated heterocycles. The minimum atomic E-state index is 0.115. The van der Waals surface area contributed by atoms with Gasteiger partial charge >= 0.3 is 0 Å². The van der Waals surface area contributed by atoms with Crippen LogP contribution in [0, 0.1) is 17.3 Å². The predicted molar refractivity (Wildman–Crippen MR) is 144 cm³/mol. The fraction of sp³-hybridized carbons (Fsp3) is 0.290. The van der Waals surface area contributed by atoms with Gasteiger partial charge in [-0.1, -0.05) is 54.5 Å². The number of hydrogen-bond acceptors (Lipinski definition) is 3. The molecule has 0 unspecified atom stereocenters. The van der Waals surface area contributed by atoms with Crippen LogP contribution in [0.1, 0.15) is 47.3 Å². The third-order valence-corrected chi connectivity index (χ3v) is 7.75. The van der Waals surface area contributed by atoms with E-state index in [1.54, 1.807) is 0 Å². The van der Waals surface area contributed by atoms with E-state index in [1.165, 1.54) is 6.42 Å². The Morgan fingerprint density at radius 3 is 2.58 bits per heavy atom. The minimum Gasteiger partial charge on any atom is -0.338 e. The SMILES string of the molecule is O=C(c1ccc2[nH]nc(C#Cc3ccccc3-c3ccccc3)c2c1)N1CCCC2(CCNCC2)C1. The molecule has 6 rings (SSSR count). The Morgan fingerprint density at radius 1 is 0.917 bits per heavy atom. The lowest BCUT2D eigenvalue weighted by Gasteiger charge is -2.45. The van der Waals surface area contributed by atoms with Gasteiger partial charge in [0.1, 0.15) is 5.69 Å². The van der Waals surface area contributed by atoms with E-state index in [1.807, 2.05) is 54.6 Å². The normalized spacial score (nSPS) is 17.1. The standard InChI is InChI=1S/C31H30N4O/c36-30(35-20-6-15-31(22-35)16-18-32-19-17-31)25-12-14-29-27(21-25)28(33-34-29)13-11-24-9-4-5-10-26(24)23-7-2-1-3-8-23/h1-5,7-10,12,14,21,32H,6,15-20,22H2,(H,33,34). The van der Waals surface area contributed by atoms with Crippen molar-refractivity contribution in [1.82, 2.24) is 20.4 Å². The van der Waals surface area contributed by atoms with Gasteiger partial charge in [-0.25, -0.2) is 0 Å². The smallest absolute Gasteiger partial charge is 0.253 e. The van der Waals surface area contributed by atoms with Crippen LogP contribution in [0.3, 0.4) is 0 Å². The quantitative estimate of drug-likeness (QED) is 0.391. The largest absolute Gasteiger partial charge is 0.338 e. The van der Waals surface area contributed by atoms with Crippen molar-refractivity contribution in [3.8, 4) is 23.0 Å². The predicted octanol–water partition coefficient (Wildman–Crippen LogP) is 5.24. The maximum atomic E-state index is 13.5. The molecule has 3 heterocycles. The highest BCUT2D eigenvalue weighted by atomic mass is 16.2. The van der Waals surface area contributed by atoms with Gasteiger partial charge in [-0.15, -0.1) is 0 Å². The number of carbonyl (C=O) groups is 1. The van der Waals surface area contributed by atoms with Crippen molar-refractivity contribution in [1.29, 1.82) is 0 Å². The van der Waals surface area contributed by atoms with Gasteiger partial charge < -0.3 is 10.2 Å². The van der Waals surface area contributed by atoms with Crippen molar-refractivity contribution in [2.24, 2.45) is 5.41 Å². The van der Waals surface area contributed by atoms with Gasteiger partial charge in [-0.2, -0.15) is 5.10 Å².